The molecule has 3 aliphatic heterocycles. The van der Waals surface area contributed by atoms with E-state index in [-0.39, 0.29) is 41.8 Å². The van der Waals surface area contributed by atoms with Crippen LogP contribution in [0.2, 0.25) is 0 Å². The lowest BCUT2D eigenvalue weighted by Crippen LogP contribution is -2.57. The molecule has 0 N–H and O–H groups in total. The lowest BCUT2D eigenvalue weighted by atomic mass is 9.86. The fourth-order valence-electron chi connectivity index (χ4n) is 6.22. The van der Waals surface area contributed by atoms with Crippen molar-refractivity contribution in [2.75, 3.05) is 44.3 Å². The average molecular weight is 567 g/mol. The lowest BCUT2D eigenvalue weighted by molar-refractivity contribution is -0.141. The molecule has 0 radical (unpaired) electrons. The molecule has 0 aliphatic carbocycles. The summed E-state index contributed by atoms with van der Waals surface area (Å²) in [5.41, 5.74) is 1.04. The summed E-state index contributed by atoms with van der Waals surface area (Å²) in [7, 11) is -3.69. The van der Waals surface area contributed by atoms with Gasteiger partial charge in [-0.2, -0.15) is 4.31 Å². The van der Waals surface area contributed by atoms with Crippen LogP contribution < -0.4 is 4.90 Å². The van der Waals surface area contributed by atoms with Gasteiger partial charge in [0.1, 0.15) is 12.1 Å². The van der Waals surface area contributed by atoms with Crippen molar-refractivity contribution in [2.45, 2.75) is 69.2 Å². The van der Waals surface area contributed by atoms with E-state index in [1.165, 1.54) is 4.31 Å². The van der Waals surface area contributed by atoms with Gasteiger partial charge < -0.3 is 14.7 Å². The predicted octanol–water partition coefficient (Wildman–Crippen LogP) is 4.07. The summed E-state index contributed by atoms with van der Waals surface area (Å²) in [6.07, 6.45) is 2.71. The number of anilines is 1. The molecule has 8 nitrogen and oxygen atoms in total. The monoisotopic (exact) mass is 566 g/mol. The van der Waals surface area contributed by atoms with Crippen LogP contribution in [0.25, 0.3) is 0 Å². The van der Waals surface area contributed by atoms with Gasteiger partial charge in [0.15, 0.2) is 0 Å². The maximum atomic E-state index is 14.0. The molecule has 0 saturated carbocycles. The quantitative estimate of drug-likeness (QED) is 0.545. The summed E-state index contributed by atoms with van der Waals surface area (Å²) in [6.45, 7) is 10.8. The Morgan fingerprint density at radius 1 is 0.925 bits per heavy atom. The van der Waals surface area contributed by atoms with Crippen LogP contribution in [0.4, 0.5) is 5.69 Å². The summed E-state index contributed by atoms with van der Waals surface area (Å²) in [4.78, 5) is 33.1. The number of sulfonamides is 1. The predicted molar refractivity (Wildman–Crippen MR) is 156 cm³/mol. The standard InChI is InChI=1S/C31H42N4O4S/c1-24-14-18-32(19-15-24)28(36)22-33-23-35(26-8-6-5-7-9-26)31(29(33)37)16-20-34(21-17-31)40(38,39)27-12-10-25(11-13-27)30(2,3)4/h5-13,24H,14-23H2,1-4H3. The van der Waals surface area contributed by atoms with Crippen LogP contribution in [0, 0.1) is 5.92 Å². The molecular weight excluding hydrogens is 524 g/mol. The number of para-hydroxylation sites is 1. The second kappa shape index (κ2) is 10.8. The average Bonchev–Trinajstić information content (AvgIpc) is 3.19. The number of amides is 2. The minimum atomic E-state index is -3.69. The Bertz CT molecular complexity index is 1320. The number of rotatable bonds is 5. The Hall–Kier alpha value is -2.91. The van der Waals surface area contributed by atoms with Crippen molar-refractivity contribution >= 4 is 27.5 Å². The van der Waals surface area contributed by atoms with E-state index in [0.29, 0.717) is 25.4 Å². The molecule has 3 saturated heterocycles. The third-order valence-electron chi connectivity index (χ3n) is 8.95. The first-order valence-corrected chi connectivity index (χ1v) is 15.9. The van der Waals surface area contributed by atoms with E-state index >= 15 is 0 Å². The Balaban J connectivity index is 1.34. The fourth-order valence-corrected chi connectivity index (χ4v) is 7.66. The summed E-state index contributed by atoms with van der Waals surface area (Å²) in [6, 6.07) is 16.9. The van der Waals surface area contributed by atoms with E-state index in [0.717, 1.165) is 37.2 Å². The van der Waals surface area contributed by atoms with Crippen molar-refractivity contribution < 1.29 is 18.0 Å². The summed E-state index contributed by atoms with van der Waals surface area (Å²) in [5, 5.41) is 0. The van der Waals surface area contributed by atoms with Crippen molar-refractivity contribution in [3.8, 4) is 0 Å². The third-order valence-corrected chi connectivity index (χ3v) is 10.9. The van der Waals surface area contributed by atoms with Gasteiger partial charge in [-0.05, 0) is 66.8 Å². The van der Waals surface area contributed by atoms with Gasteiger partial charge in [0.25, 0.3) is 0 Å². The van der Waals surface area contributed by atoms with Crippen LogP contribution in [-0.2, 0) is 25.0 Å². The molecule has 3 fully saturated rings. The van der Waals surface area contributed by atoms with Gasteiger partial charge in [-0.1, -0.05) is 58.0 Å². The largest absolute Gasteiger partial charge is 0.341 e. The number of piperidine rings is 2. The summed E-state index contributed by atoms with van der Waals surface area (Å²) >= 11 is 0. The number of carbonyl (C=O) groups excluding carboxylic acids is 2. The molecule has 9 heteroatoms. The van der Waals surface area contributed by atoms with Crippen LogP contribution in [0.3, 0.4) is 0 Å². The van der Waals surface area contributed by atoms with Crippen molar-refractivity contribution in [2.24, 2.45) is 5.92 Å². The van der Waals surface area contributed by atoms with Gasteiger partial charge in [-0.3, -0.25) is 9.59 Å². The molecule has 216 valence electrons. The minimum absolute atomic E-state index is 0.0102. The highest BCUT2D eigenvalue weighted by Crippen LogP contribution is 2.40. The molecule has 0 unspecified atom stereocenters. The molecule has 0 atom stereocenters. The molecule has 0 bridgehead atoms. The zero-order valence-corrected chi connectivity index (χ0v) is 25.0. The Morgan fingerprint density at radius 2 is 1.52 bits per heavy atom. The van der Waals surface area contributed by atoms with Gasteiger partial charge in [0, 0.05) is 31.9 Å². The second-order valence-corrected chi connectivity index (χ2v) is 14.6. The maximum Gasteiger partial charge on any atom is 0.250 e. The zero-order chi connectivity index (χ0) is 28.7. The molecule has 3 heterocycles. The van der Waals surface area contributed by atoms with E-state index < -0.39 is 15.6 Å². The number of nitrogens with zero attached hydrogens (tertiary/aromatic N) is 4. The normalized spacial score (nSPS) is 20.9. The first-order chi connectivity index (χ1) is 18.9. The summed E-state index contributed by atoms with van der Waals surface area (Å²) < 4.78 is 28.6. The highest BCUT2D eigenvalue weighted by molar-refractivity contribution is 7.89. The minimum Gasteiger partial charge on any atom is -0.341 e. The van der Waals surface area contributed by atoms with Crippen molar-refractivity contribution in [1.29, 1.82) is 0 Å². The van der Waals surface area contributed by atoms with Crippen LogP contribution in [-0.4, -0.2) is 79.3 Å². The second-order valence-electron chi connectivity index (χ2n) is 12.7. The van der Waals surface area contributed by atoms with Crippen molar-refractivity contribution in [3.05, 3.63) is 60.2 Å². The van der Waals surface area contributed by atoms with E-state index in [4.69, 9.17) is 0 Å². The molecule has 2 amide bonds. The maximum absolute atomic E-state index is 14.0. The molecule has 0 aromatic heterocycles. The van der Waals surface area contributed by atoms with Gasteiger partial charge in [-0.15, -0.1) is 0 Å². The van der Waals surface area contributed by atoms with Gasteiger partial charge in [-0.25, -0.2) is 8.42 Å². The molecule has 5 rings (SSSR count). The number of hydrogen-bond donors (Lipinski definition) is 0. The lowest BCUT2D eigenvalue weighted by Gasteiger charge is -2.42. The van der Waals surface area contributed by atoms with E-state index in [1.54, 1.807) is 17.0 Å². The molecular formula is C31H42N4O4S. The Labute approximate surface area is 239 Å². The Kier molecular flexibility index (Phi) is 7.74. The third kappa shape index (κ3) is 5.38. The highest BCUT2D eigenvalue weighted by atomic mass is 32.2. The van der Waals surface area contributed by atoms with Gasteiger partial charge in [0.05, 0.1) is 11.6 Å². The summed E-state index contributed by atoms with van der Waals surface area (Å²) in [5.74, 6) is 0.526. The van der Waals surface area contributed by atoms with Gasteiger partial charge >= 0.3 is 0 Å². The van der Waals surface area contributed by atoms with E-state index in [9.17, 15) is 18.0 Å². The molecule has 40 heavy (non-hydrogen) atoms. The van der Waals surface area contributed by atoms with Crippen LogP contribution in [0.1, 0.15) is 58.9 Å². The first kappa shape index (κ1) is 28.6. The van der Waals surface area contributed by atoms with Crippen molar-refractivity contribution in [3.63, 3.8) is 0 Å². The SMILES string of the molecule is CC1CCN(C(=O)CN2CN(c3ccccc3)C3(CCN(S(=O)(=O)c4ccc(C(C)(C)C)cc4)CC3)C2=O)CC1. The zero-order valence-electron chi connectivity index (χ0n) is 24.2. The number of hydrogen-bond acceptors (Lipinski definition) is 5. The fraction of sp³-hybridized carbons (Fsp3) is 0.548. The highest BCUT2D eigenvalue weighted by Gasteiger charge is 2.55. The molecule has 3 aliphatic rings. The number of carbonyl (C=O) groups is 2. The molecule has 2 aromatic rings. The topological polar surface area (TPSA) is 81.2 Å². The Morgan fingerprint density at radius 3 is 2.10 bits per heavy atom. The number of benzene rings is 2. The van der Waals surface area contributed by atoms with Crippen LogP contribution in [0.15, 0.2) is 59.5 Å². The number of likely N-dealkylation sites (tertiary alicyclic amines) is 1. The van der Waals surface area contributed by atoms with Gasteiger partial charge in [0.2, 0.25) is 21.8 Å². The van der Waals surface area contributed by atoms with Crippen molar-refractivity contribution in [1.82, 2.24) is 14.1 Å². The smallest absolute Gasteiger partial charge is 0.250 e. The van der Waals surface area contributed by atoms with E-state index in [2.05, 4.69) is 32.6 Å². The molecule has 2 aromatic carbocycles. The molecule has 1 spiro atoms. The van der Waals surface area contributed by atoms with E-state index in [1.807, 2.05) is 47.4 Å². The first-order valence-electron chi connectivity index (χ1n) is 14.4. The van der Waals surface area contributed by atoms with Crippen LogP contribution in [0.5, 0.6) is 0 Å². The van der Waals surface area contributed by atoms with Crippen LogP contribution >= 0.6 is 0 Å².